The number of hydrogen-bond donors (Lipinski definition) is 0. The number of rotatable bonds is 1. The highest BCUT2D eigenvalue weighted by molar-refractivity contribution is 6.02. The SMILES string of the molecule is Cc1ccc2oc(=O)c3cc(-c4ccccc4)oc3c2c1. The van der Waals surface area contributed by atoms with E-state index in [2.05, 4.69) is 0 Å². The van der Waals surface area contributed by atoms with Gasteiger partial charge in [0.2, 0.25) is 0 Å². The van der Waals surface area contributed by atoms with Gasteiger partial charge in [-0.3, -0.25) is 0 Å². The molecule has 0 amide bonds. The largest absolute Gasteiger partial charge is 0.455 e. The number of hydrogen-bond acceptors (Lipinski definition) is 3. The number of aryl methyl sites for hydroxylation is 1. The monoisotopic (exact) mass is 276 g/mol. The summed E-state index contributed by atoms with van der Waals surface area (Å²) in [5.41, 5.74) is 2.80. The van der Waals surface area contributed by atoms with Crippen LogP contribution >= 0.6 is 0 Å². The van der Waals surface area contributed by atoms with Crippen molar-refractivity contribution in [2.75, 3.05) is 0 Å². The molecule has 0 aliphatic heterocycles. The van der Waals surface area contributed by atoms with Gasteiger partial charge in [-0.05, 0) is 25.1 Å². The highest BCUT2D eigenvalue weighted by atomic mass is 16.4. The Labute approximate surface area is 120 Å². The van der Waals surface area contributed by atoms with E-state index < -0.39 is 0 Å². The number of furan rings is 1. The average Bonchev–Trinajstić information content (AvgIpc) is 2.95. The van der Waals surface area contributed by atoms with Gasteiger partial charge in [0.1, 0.15) is 16.7 Å². The lowest BCUT2D eigenvalue weighted by Gasteiger charge is -1.99. The molecule has 0 spiro atoms. The van der Waals surface area contributed by atoms with Crippen LogP contribution in [0.25, 0.3) is 33.3 Å². The summed E-state index contributed by atoms with van der Waals surface area (Å²) in [6.07, 6.45) is 0. The molecular formula is C18H12O3. The van der Waals surface area contributed by atoms with Crippen LogP contribution in [0.1, 0.15) is 5.56 Å². The van der Waals surface area contributed by atoms with E-state index >= 15 is 0 Å². The van der Waals surface area contributed by atoms with Gasteiger partial charge in [0.15, 0.2) is 5.58 Å². The lowest BCUT2D eigenvalue weighted by molar-refractivity contribution is 0.565. The van der Waals surface area contributed by atoms with Crippen molar-refractivity contribution in [3.8, 4) is 11.3 Å². The highest BCUT2D eigenvalue weighted by Gasteiger charge is 2.14. The Morgan fingerprint density at radius 3 is 2.48 bits per heavy atom. The molecule has 2 aromatic carbocycles. The minimum absolute atomic E-state index is 0.368. The average molecular weight is 276 g/mol. The molecule has 4 aromatic rings. The summed E-state index contributed by atoms with van der Waals surface area (Å²) >= 11 is 0. The summed E-state index contributed by atoms with van der Waals surface area (Å²) in [5.74, 6) is 0.673. The fraction of sp³-hybridized carbons (Fsp3) is 0.0556. The van der Waals surface area contributed by atoms with Crippen molar-refractivity contribution in [2.45, 2.75) is 6.92 Å². The molecule has 0 saturated heterocycles. The molecule has 0 fully saturated rings. The van der Waals surface area contributed by atoms with Crippen LogP contribution < -0.4 is 5.63 Å². The highest BCUT2D eigenvalue weighted by Crippen LogP contribution is 2.31. The summed E-state index contributed by atoms with van der Waals surface area (Å²) in [6.45, 7) is 2.00. The van der Waals surface area contributed by atoms with Gasteiger partial charge in [-0.15, -0.1) is 0 Å². The second kappa shape index (κ2) is 4.35. The lowest BCUT2D eigenvalue weighted by atomic mass is 10.1. The van der Waals surface area contributed by atoms with Crippen LogP contribution in [0, 0.1) is 6.92 Å². The Hall–Kier alpha value is -2.81. The van der Waals surface area contributed by atoms with E-state index in [1.54, 1.807) is 12.1 Å². The predicted molar refractivity (Wildman–Crippen MR) is 82.4 cm³/mol. The Morgan fingerprint density at radius 2 is 1.67 bits per heavy atom. The predicted octanol–water partition coefficient (Wildman–Crippen LogP) is 4.51. The molecule has 21 heavy (non-hydrogen) atoms. The zero-order valence-electron chi connectivity index (χ0n) is 11.4. The molecule has 3 nitrogen and oxygen atoms in total. The molecule has 102 valence electrons. The maximum absolute atomic E-state index is 12.1. The van der Waals surface area contributed by atoms with Gasteiger partial charge in [-0.1, -0.05) is 42.0 Å². The van der Waals surface area contributed by atoms with Gasteiger partial charge in [0.25, 0.3) is 0 Å². The third-order valence-electron chi connectivity index (χ3n) is 3.59. The third-order valence-corrected chi connectivity index (χ3v) is 3.59. The second-order valence-electron chi connectivity index (χ2n) is 5.11. The van der Waals surface area contributed by atoms with Gasteiger partial charge in [0.05, 0.1) is 5.39 Å². The molecular weight excluding hydrogens is 264 g/mol. The van der Waals surface area contributed by atoms with E-state index in [1.165, 1.54) is 0 Å². The molecule has 0 atom stereocenters. The third kappa shape index (κ3) is 1.86. The molecule has 3 heteroatoms. The topological polar surface area (TPSA) is 43.4 Å². The number of fused-ring (bicyclic) bond motifs is 3. The van der Waals surface area contributed by atoms with Gasteiger partial charge in [-0.2, -0.15) is 0 Å². The minimum atomic E-state index is -0.368. The Bertz CT molecular complexity index is 1010. The van der Waals surface area contributed by atoms with Crippen LogP contribution in [-0.4, -0.2) is 0 Å². The fourth-order valence-electron chi connectivity index (χ4n) is 2.55. The van der Waals surface area contributed by atoms with E-state index in [0.717, 1.165) is 16.5 Å². The fourth-order valence-corrected chi connectivity index (χ4v) is 2.55. The molecule has 0 radical (unpaired) electrons. The lowest BCUT2D eigenvalue weighted by Crippen LogP contribution is -1.97. The van der Waals surface area contributed by atoms with Gasteiger partial charge >= 0.3 is 5.63 Å². The smallest absolute Gasteiger partial charge is 0.347 e. The first kappa shape index (κ1) is 12.0. The minimum Gasteiger partial charge on any atom is -0.455 e. The zero-order chi connectivity index (χ0) is 14.4. The summed E-state index contributed by atoms with van der Waals surface area (Å²) in [5, 5.41) is 1.30. The first-order valence-electron chi connectivity index (χ1n) is 6.75. The Balaban J connectivity index is 2.11. The van der Waals surface area contributed by atoms with Crippen molar-refractivity contribution in [1.82, 2.24) is 0 Å². The molecule has 0 saturated carbocycles. The first-order chi connectivity index (χ1) is 10.2. The van der Waals surface area contributed by atoms with E-state index in [4.69, 9.17) is 8.83 Å². The number of benzene rings is 2. The van der Waals surface area contributed by atoms with E-state index in [9.17, 15) is 4.79 Å². The second-order valence-corrected chi connectivity index (χ2v) is 5.11. The van der Waals surface area contributed by atoms with Crippen molar-refractivity contribution < 1.29 is 8.83 Å². The molecule has 0 aliphatic carbocycles. The standard InChI is InChI=1S/C18H12O3/c1-11-7-8-15-13(9-11)17-14(18(19)21-15)10-16(20-17)12-5-3-2-4-6-12/h2-10H,1H3. The van der Waals surface area contributed by atoms with Crippen molar-refractivity contribution in [3.05, 3.63) is 70.6 Å². The summed E-state index contributed by atoms with van der Waals surface area (Å²) in [6, 6.07) is 17.2. The Morgan fingerprint density at radius 1 is 0.857 bits per heavy atom. The van der Waals surface area contributed by atoms with Crippen molar-refractivity contribution in [2.24, 2.45) is 0 Å². The molecule has 4 rings (SSSR count). The van der Waals surface area contributed by atoms with Crippen LogP contribution in [-0.2, 0) is 0 Å². The molecule has 0 bridgehead atoms. The normalized spacial score (nSPS) is 11.3. The molecule has 0 aliphatic rings. The maximum Gasteiger partial charge on any atom is 0.347 e. The van der Waals surface area contributed by atoms with Gasteiger partial charge < -0.3 is 8.83 Å². The maximum atomic E-state index is 12.1. The first-order valence-corrected chi connectivity index (χ1v) is 6.75. The summed E-state index contributed by atoms with van der Waals surface area (Å²) in [4.78, 5) is 12.1. The van der Waals surface area contributed by atoms with E-state index in [1.807, 2.05) is 49.4 Å². The zero-order valence-corrected chi connectivity index (χ0v) is 11.4. The van der Waals surface area contributed by atoms with Gasteiger partial charge in [-0.25, -0.2) is 4.79 Å². The van der Waals surface area contributed by atoms with Crippen LogP contribution in [0.5, 0.6) is 0 Å². The van der Waals surface area contributed by atoms with Crippen LogP contribution in [0.2, 0.25) is 0 Å². The molecule has 0 unspecified atom stereocenters. The van der Waals surface area contributed by atoms with Gasteiger partial charge in [0, 0.05) is 5.56 Å². The van der Waals surface area contributed by atoms with Crippen molar-refractivity contribution >= 4 is 21.9 Å². The van der Waals surface area contributed by atoms with E-state index in [-0.39, 0.29) is 5.63 Å². The van der Waals surface area contributed by atoms with Crippen molar-refractivity contribution in [3.63, 3.8) is 0 Å². The summed E-state index contributed by atoms with van der Waals surface area (Å²) < 4.78 is 11.3. The Kier molecular flexibility index (Phi) is 2.48. The van der Waals surface area contributed by atoms with Crippen LogP contribution in [0.4, 0.5) is 0 Å². The van der Waals surface area contributed by atoms with Crippen LogP contribution in [0.15, 0.2) is 68.2 Å². The molecule has 2 heterocycles. The van der Waals surface area contributed by atoms with Crippen LogP contribution in [0.3, 0.4) is 0 Å². The van der Waals surface area contributed by atoms with Crippen molar-refractivity contribution in [1.29, 1.82) is 0 Å². The quantitative estimate of drug-likeness (QED) is 0.480. The van der Waals surface area contributed by atoms with E-state index in [0.29, 0.717) is 22.3 Å². The molecule has 2 aromatic heterocycles. The summed E-state index contributed by atoms with van der Waals surface area (Å²) in [7, 11) is 0. The molecule has 0 N–H and O–H groups in total.